The number of hydrogen-bond acceptors (Lipinski definition) is 3. The molecule has 0 saturated carbocycles. The van der Waals surface area contributed by atoms with E-state index in [4.69, 9.17) is 0 Å². The third kappa shape index (κ3) is 4.82. The summed E-state index contributed by atoms with van der Waals surface area (Å²) in [5.74, 6) is 0.0330. The SMILES string of the molecule is CNCC(C)C(=O)Nc1ccc(CN2CCCCC2C)cc1. The summed E-state index contributed by atoms with van der Waals surface area (Å²) in [6, 6.07) is 8.94. The Balaban J connectivity index is 1.88. The molecule has 0 radical (unpaired) electrons. The Kier molecular flexibility index (Phi) is 6.40. The summed E-state index contributed by atoms with van der Waals surface area (Å²) in [4.78, 5) is 14.5. The molecule has 1 saturated heterocycles. The number of nitrogens with one attached hydrogen (secondary N) is 2. The molecule has 1 fully saturated rings. The maximum absolute atomic E-state index is 12.0. The summed E-state index contributed by atoms with van der Waals surface area (Å²) in [5.41, 5.74) is 2.19. The lowest BCUT2D eigenvalue weighted by Crippen LogP contribution is -2.36. The predicted octanol–water partition coefficient (Wildman–Crippen LogP) is 2.86. The van der Waals surface area contributed by atoms with Gasteiger partial charge in [-0.1, -0.05) is 25.5 Å². The zero-order chi connectivity index (χ0) is 15.9. The van der Waals surface area contributed by atoms with Crippen LogP contribution >= 0.6 is 0 Å². The highest BCUT2D eigenvalue weighted by Gasteiger charge is 2.18. The maximum Gasteiger partial charge on any atom is 0.228 e. The van der Waals surface area contributed by atoms with E-state index >= 15 is 0 Å². The number of amides is 1. The fourth-order valence-electron chi connectivity index (χ4n) is 2.98. The quantitative estimate of drug-likeness (QED) is 0.849. The number of nitrogens with zero attached hydrogens (tertiary/aromatic N) is 1. The lowest BCUT2D eigenvalue weighted by molar-refractivity contribution is -0.119. The smallest absolute Gasteiger partial charge is 0.228 e. The summed E-state index contributed by atoms with van der Waals surface area (Å²) in [6.07, 6.45) is 3.97. The third-order valence-electron chi connectivity index (χ3n) is 4.51. The van der Waals surface area contributed by atoms with Crippen LogP contribution in [0.2, 0.25) is 0 Å². The fourth-order valence-corrected chi connectivity index (χ4v) is 2.98. The van der Waals surface area contributed by atoms with Gasteiger partial charge in [0.25, 0.3) is 0 Å². The molecular formula is C18H29N3O. The van der Waals surface area contributed by atoms with Crippen LogP contribution in [0, 0.1) is 5.92 Å². The molecule has 122 valence electrons. The van der Waals surface area contributed by atoms with Crippen LogP contribution in [-0.4, -0.2) is 37.0 Å². The zero-order valence-electron chi connectivity index (χ0n) is 14.1. The summed E-state index contributed by atoms with van der Waals surface area (Å²) in [6.45, 7) is 7.14. The second kappa shape index (κ2) is 8.30. The molecule has 0 aromatic heterocycles. The Hall–Kier alpha value is -1.39. The van der Waals surface area contributed by atoms with Gasteiger partial charge >= 0.3 is 0 Å². The molecule has 1 amide bonds. The van der Waals surface area contributed by atoms with Crippen molar-refractivity contribution in [2.75, 3.05) is 25.5 Å². The molecule has 4 heteroatoms. The van der Waals surface area contributed by atoms with Crippen molar-refractivity contribution < 1.29 is 4.79 Å². The molecule has 1 aromatic carbocycles. The van der Waals surface area contributed by atoms with Crippen molar-refractivity contribution in [2.45, 2.75) is 45.7 Å². The van der Waals surface area contributed by atoms with Crippen LogP contribution in [-0.2, 0) is 11.3 Å². The Bertz CT molecular complexity index is 472. The number of carbonyl (C=O) groups excluding carboxylic acids is 1. The van der Waals surface area contributed by atoms with Gasteiger partial charge in [0.1, 0.15) is 0 Å². The van der Waals surface area contributed by atoms with Gasteiger partial charge in [-0.05, 0) is 51.1 Å². The van der Waals surface area contributed by atoms with Crippen LogP contribution in [0.3, 0.4) is 0 Å². The van der Waals surface area contributed by atoms with Gasteiger partial charge in [-0.25, -0.2) is 0 Å². The molecule has 1 aliphatic rings. The van der Waals surface area contributed by atoms with Crippen molar-refractivity contribution in [2.24, 2.45) is 5.92 Å². The third-order valence-corrected chi connectivity index (χ3v) is 4.51. The average Bonchev–Trinajstić information content (AvgIpc) is 2.51. The zero-order valence-corrected chi connectivity index (χ0v) is 14.1. The van der Waals surface area contributed by atoms with Crippen molar-refractivity contribution in [1.82, 2.24) is 10.2 Å². The van der Waals surface area contributed by atoms with E-state index in [1.54, 1.807) is 0 Å². The molecule has 2 rings (SSSR count). The highest BCUT2D eigenvalue weighted by molar-refractivity contribution is 5.92. The van der Waals surface area contributed by atoms with Gasteiger partial charge in [-0.2, -0.15) is 0 Å². The van der Waals surface area contributed by atoms with Crippen LogP contribution in [0.5, 0.6) is 0 Å². The molecule has 2 unspecified atom stereocenters. The maximum atomic E-state index is 12.0. The van der Waals surface area contributed by atoms with Crippen LogP contribution in [0.1, 0.15) is 38.7 Å². The molecule has 4 nitrogen and oxygen atoms in total. The van der Waals surface area contributed by atoms with Crippen molar-refractivity contribution in [3.63, 3.8) is 0 Å². The van der Waals surface area contributed by atoms with E-state index in [0.29, 0.717) is 12.6 Å². The number of piperidine rings is 1. The second-order valence-electron chi connectivity index (χ2n) is 6.46. The van der Waals surface area contributed by atoms with E-state index in [9.17, 15) is 4.79 Å². The van der Waals surface area contributed by atoms with Crippen LogP contribution in [0.25, 0.3) is 0 Å². The van der Waals surface area contributed by atoms with Crippen LogP contribution < -0.4 is 10.6 Å². The van der Waals surface area contributed by atoms with Gasteiger partial charge in [0.2, 0.25) is 5.91 Å². The minimum atomic E-state index is -0.0288. The fraction of sp³-hybridized carbons (Fsp3) is 0.611. The van der Waals surface area contributed by atoms with E-state index in [1.807, 2.05) is 26.1 Å². The van der Waals surface area contributed by atoms with Gasteiger partial charge < -0.3 is 10.6 Å². The molecule has 0 bridgehead atoms. The van der Waals surface area contributed by atoms with E-state index in [-0.39, 0.29) is 11.8 Å². The first kappa shape index (κ1) is 17.0. The number of anilines is 1. The van der Waals surface area contributed by atoms with Crippen molar-refractivity contribution in [1.29, 1.82) is 0 Å². The van der Waals surface area contributed by atoms with Crippen molar-refractivity contribution in [3.05, 3.63) is 29.8 Å². The molecule has 2 N–H and O–H groups in total. The Morgan fingerprint density at radius 3 is 2.68 bits per heavy atom. The summed E-state index contributed by atoms with van der Waals surface area (Å²) >= 11 is 0. The molecule has 1 heterocycles. The first-order chi connectivity index (χ1) is 10.6. The standard InChI is InChI=1S/C18H29N3O/c1-14(12-19-3)18(22)20-17-9-7-16(8-10-17)13-21-11-5-4-6-15(21)2/h7-10,14-15,19H,4-6,11-13H2,1-3H3,(H,20,22). The minimum absolute atomic E-state index is 0.0288. The van der Waals surface area contributed by atoms with Crippen LogP contribution in [0.4, 0.5) is 5.69 Å². The Morgan fingerprint density at radius 1 is 1.32 bits per heavy atom. The van der Waals surface area contributed by atoms with Crippen molar-refractivity contribution in [3.8, 4) is 0 Å². The van der Waals surface area contributed by atoms with Crippen LogP contribution in [0.15, 0.2) is 24.3 Å². The highest BCUT2D eigenvalue weighted by Crippen LogP contribution is 2.20. The lowest BCUT2D eigenvalue weighted by atomic mass is 10.0. The topological polar surface area (TPSA) is 44.4 Å². The van der Waals surface area contributed by atoms with Gasteiger partial charge in [0.05, 0.1) is 0 Å². The normalized spacial score (nSPS) is 20.6. The molecule has 0 aliphatic carbocycles. The Labute approximate surface area is 134 Å². The monoisotopic (exact) mass is 303 g/mol. The van der Waals surface area contributed by atoms with E-state index in [1.165, 1.54) is 31.4 Å². The van der Waals surface area contributed by atoms with E-state index in [2.05, 4.69) is 34.6 Å². The first-order valence-corrected chi connectivity index (χ1v) is 8.38. The second-order valence-corrected chi connectivity index (χ2v) is 6.46. The van der Waals surface area contributed by atoms with Gasteiger partial charge in [0, 0.05) is 30.7 Å². The molecule has 1 aliphatic heterocycles. The van der Waals surface area contributed by atoms with Gasteiger partial charge in [0.15, 0.2) is 0 Å². The largest absolute Gasteiger partial charge is 0.326 e. The van der Waals surface area contributed by atoms with Gasteiger partial charge in [-0.15, -0.1) is 0 Å². The average molecular weight is 303 g/mol. The molecule has 22 heavy (non-hydrogen) atoms. The molecule has 0 spiro atoms. The molecule has 2 atom stereocenters. The van der Waals surface area contributed by atoms with Gasteiger partial charge in [-0.3, -0.25) is 9.69 Å². The number of rotatable bonds is 6. The van der Waals surface area contributed by atoms with E-state index in [0.717, 1.165) is 12.2 Å². The highest BCUT2D eigenvalue weighted by atomic mass is 16.1. The summed E-state index contributed by atoms with van der Waals surface area (Å²) in [5, 5.41) is 6.00. The summed E-state index contributed by atoms with van der Waals surface area (Å²) in [7, 11) is 1.86. The first-order valence-electron chi connectivity index (χ1n) is 8.38. The predicted molar refractivity (Wildman–Crippen MR) is 91.9 cm³/mol. The summed E-state index contributed by atoms with van der Waals surface area (Å²) < 4.78 is 0. The van der Waals surface area contributed by atoms with Crippen molar-refractivity contribution >= 4 is 11.6 Å². The number of carbonyl (C=O) groups is 1. The molecule has 1 aromatic rings. The van der Waals surface area contributed by atoms with E-state index < -0.39 is 0 Å². The Morgan fingerprint density at radius 2 is 2.05 bits per heavy atom. The lowest BCUT2D eigenvalue weighted by Gasteiger charge is -2.33. The molecular weight excluding hydrogens is 274 g/mol. The minimum Gasteiger partial charge on any atom is -0.326 e. The number of likely N-dealkylation sites (tertiary alicyclic amines) is 1. The number of benzene rings is 1. The number of hydrogen-bond donors (Lipinski definition) is 2.